The summed E-state index contributed by atoms with van der Waals surface area (Å²) in [7, 11) is 0. The predicted molar refractivity (Wildman–Crippen MR) is 123 cm³/mol. The second-order valence-corrected chi connectivity index (χ2v) is 9.48. The van der Waals surface area contributed by atoms with Crippen molar-refractivity contribution >= 4 is 0 Å². The Morgan fingerprint density at radius 2 is 1.90 bits per heavy atom. The first-order valence-corrected chi connectivity index (χ1v) is 11.7. The highest BCUT2D eigenvalue weighted by atomic mass is 16.3. The fourth-order valence-electron chi connectivity index (χ4n) is 5.51. The van der Waals surface area contributed by atoms with Crippen molar-refractivity contribution in [3.8, 4) is 17.6 Å². The van der Waals surface area contributed by atoms with Gasteiger partial charge in [0.2, 0.25) is 0 Å². The summed E-state index contributed by atoms with van der Waals surface area (Å²) in [5.41, 5.74) is 4.33. The number of phenolic OH excluding ortho intramolecular Hbond substituents is 2. The molecular weight excluding hydrogens is 370 g/mol. The first-order valence-electron chi connectivity index (χ1n) is 11.7. The van der Waals surface area contributed by atoms with Crippen LogP contribution < -0.4 is 0 Å². The van der Waals surface area contributed by atoms with Gasteiger partial charge in [-0.05, 0) is 80.9 Å². The number of hydrogen-bond donors (Lipinski definition) is 2. The Morgan fingerprint density at radius 1 is 1.20 bits per heavy atom. The van der Waals surface area contributed by atoms with Crippen molar-refractivity contribution in [2.45, 2.75) is 95.8 Å². The van der Waals surface area contributed by atoms with Crippen LogP contribution in [0.25, 0.3) is 0 Å². The molecule has 0 radical (unpaired) electrons. The maximum Gasteiger partial charge on any atom is 0.123 e. The Labute approximate surface area is 182 Å². The van der Waals surface area contributed by atoms with Crippen molar-refractivity contribution < 1.29 is 10.2 Å². The normalized spacial score (nSPS) is 22.6. The number of rotatable bonds is 9. The van der Waals surface area contributed by atoms with Gasteiger partial charge < -0.3 is 10.2 Å². The summed E-state index contributed by atoms with van der Waals surface area (Å²) in [6, 6.07) is 6.07. The molecule has 0 amide bonds. The van der Waals surface area contributed by atoms with Crippen molar-refractivity contribution in [1.82, 2.24) is 0 Å². The lowest BCUT2D eigenvalue weighted by Crippen LogP contribution is -2.34. The molecule has 0 spiro atoms. The van der Waals surface area contributed by atoms with Crippen LogP contribution in [0.2, 0.25) is 0 Å². The van der Waals surface area contributed by atoms with Gasteiger partial charge in [0.05, 0.1) is 6.07 Å². The van der Waals surface area contributed by atoms with Gasteiger partial charge in [0.15, 0.2) is 0 Å². The summed E-state index contributed by atoms with van der Waals surface area (Å²) in [4.78, 5) is 0. The van der Waals surface area contributed by atoms with E-state index in [2.05, 4.69) is 32.6 Å². The molecule has 0 aromatic heterocycles. The van der Waals surface area contributed by atoms with Crippen LogP contribution in [0.5, 0.6) is 11.5 Å². The van der Waals surface area contributed by atoms with Crippen molar-refractivity contribution in [2.24, 2.45) is 5.92 Å². The summed E-state index contributed by atoms with van der Waals surface area (Å²) in [6.45, 7) is 8.41. The Hall–Kier alpha value is -2.21. The van der Waals surface area contributed by atoms with E-state index in [0.717, 1.165) is 68.9 Å². The van der Waals surface area contributed by atoms with E-state index in [-0.39, 0.29) is 28.7 Å². The fraction of sp³-hybridized carbons (Fsp3) is 0.593. The van der Waals surface area contributed by atoms with E-state index in [1.54, 1.807) is 0 Å². The molecule has 0 bridgehead atoms. The highest BCUT2D eigenvalue weighted by Gasteiger charge is 2.39. The second-order valence-electron chi connectivity index (χ2n) is 9.48. The molecule has 3 rings (SSSR count). The van der Waals surface area contributed by atoms with E-state index >= 15 is 0 Å². The third-order valence-corrected chi connectivity index (χ3v) is 7.55. The molecule has 162 valence electrons. The van der Waals surface area contributed by atoms with E-state index in [0.29, 0.717) is 12.0 Å². The van der Waals surface area contributed by atoms with Crippen LogP contribution in [-0.2, 0) is 5.41 Å². The lowest BCUT2D eigenvalue weighted by molar-refractivity contribution is 0.217. The quantitative estimate of drug-likeness (QED) is 0.331. The summed E-state index contributed by atoms with van der Waals surface area (Å²) < 4.78 is 0. The molecule has 2 unspecified atom stereocenters. The van der Waals surface area contributed by atoms with Crippen LogP contribution in [-0.4, -0.2) is 10.2 Å². The number of hydrogen-bond acceptors (Lipinski definition) is 3. The summed E-state index contributed by atoms with van der Waals surface area (Å²) in [6.07, 6.45) is 13.6. The summed E-state index contributed by atoms with van der Waals surface area (Å²) in [5, 5.41) is 30.8. The molecule has 0 aliphatic heterocycles. The van der Waals surface area contributed by atoms with E-state index in [1.165, 1.54) is 12.0 Å². The number of phenols is 2. The average Bonchev–Trinajstić information content (AvgIpc) is 2.68. The van der Waals surface area contributed by atoms with Gasteiger partial charge in [0.25, 0.3) is 0 Å². The number of nitrogens with zero attached hydrogens (tertiary/aromatic N) is 1. The van der Waals surface area contributed by atoms with E-state index in [4.69, 9.17) is 5.26 Å². The topological polar surface area (TPSA) is 64.2 Å². The van der Waals surface area contributed by atoms with Gasteiger partial charge >= 0.3 is 0 Å². The number of aromatic hydroxyl groups is 2. The third kappa shape index (κ3) is 4.59. The van der Waals surface area contributed by atoms with E-state index < -0.39 is 0 Å². The van der Waals surface area contributed by atoms with Crippen LogP contribution in [0.15, 0.2) is 35.9 Å². The molecule has 30 heavy (non-hydrogen) atoms. The van der Waals surface area contributed by atoms with Crippen LogP contribution in [0.4, 0.5) is 0 Å². The molecule has 2 aliphatic carbocycles. The zero-order valence-electron chi connectivity index (χ0n) is 18.7. The number of nitriles is 1. The van der Waals surface area contributed by atoms with E-state index in [1.807, 2.05) is 12.1 Å². The molecule has 1 aromatic carbocycles. The van der Waals surface area contributed by atoms with Gasteiger partial charge in [-0.15, -0.1) is 0 Å². The Morgan fingerprint density at radius 3 is 2.43 bits per heavy atom. The first-order chi connectivity index (χ1) is 14.4. The molecule has 3 nitrogen and oxygen atoms in total. The van der Waals surface area contributed by atoms with Crippen molar-refractivity contribution in [3.05, 3.63) is 47.1 Å². The second kappa shape index (κ2) is 9.73. The minimum Gasteiger partial charge on any atom is -0.507 e. The van der Waals surface area contributed by atoms with Crippen molar-refractivity contribution in [1.29, 1.82) is 5.26 Å². The molecule has 2 aliphatic rings. The molecule has 2 N–H and O–H groups in total. The molecule has 1 aromatic rings. The van der Waals surface area contributed by atoms with Gasteiger partial charge in [-0.3, -0.25) is 0 Å². The van der Waals surface area contributed by atoms with Gasteiger partial charge in [-0.1, -0.05) is 50.0 Å². The first kappa shape index (κ1) is 22.5. The predicted octanol–water partition coefficient (Wildman–Crippen LogP) is 7.40. The smallest absolute Gasteiger partial charge is 0.123 e. The summed E-state index contributed by atoms with van der Waals surface area (Å²) in [5.74, 6) is 0.695. The van der Waals surface area contributed by atoms with Crippen LogP contribution >= 0.6 is 0 Å². The Kier molecular flexibility index (Phi) is 7.29. The van der Waals surface area contributed by atoms with Gasteiger partial charge in [0, 0.05) is 17.9 Å². The SMILES string of the molecule is C=C(C)C1CCC(CC)=CC1c1c(O)cc(C2(CCCCCC#N)CCC2)cc1O. The molecule has 0 heterocycles. The Balaban J connectivity index is 1.87. The zero-order valence-corrected chi connectivity index (χ0v) is 18.7. The van der Waals surface area contributed by atoms with E-state index in [9.17, 15) is 10.2 Å². The highest BCUT2D eigenvalue weighted by molar-refractivity contribution is 5.53. The minimum atomic E-state index is -0.0106. The van der Waals surface area contributed by atoms with Crippen molar-refractivity contribution in [2.75, 3.05) is 0 Å². The van der Waals surface area contributed by atoms with Crippen LogP contribution in [0.1, 0.15) is 102 Å². The number of allylic oxidation sites excluding steroid dienone is 3. The molecule has 0 saturated heterocycles. The average molecular weight is 408 g/mol. The molecule has 1 saturated carbocycles. The number of benzene rings is 1. The molecule has 2 atom stereocenters. The lowest BCUT2D eigenvalue weighted by atomic mass is 9.61. The van der Waals surface area contributed by atoms with Crippen LogP contribution in [0.3, 0.4) is 0 Å². The summed E-state index contributed by atoms with van der Waals surface area (Å²) >= 11 is 0. The molecule has 1 fully saturated rings. The monoisotopic (exact) mass is 407 g/mol. The standard InChI is InChI=1S/C27H37NO2/c1-4-20-10-11-22(19(2)3)23(16-20)26-24(29)17-21(18-25(26)30)27(13-9-14-27)12-7-5-6-8-15-28/h16-18,22-23,29-30H,2,4-14H2,1,3H3. The van der Waals surface area contributed by atoms with Gasteiger partial charge in [0.1, 0.15) is 11.5 Å². The van der Waals surface area contributed by atoms with Gasteiger partial charge in [-0.2, -0.15) is 5.26 Å². The maximum absolute atomic E-state index is 11.1. The largest absolute Gasteiger partial charge is 0.507 e. The minimum absolute atomic E-state index is 0.0106. The molecule has 3 heteroatoms. The van der Waals surface area contributed by atoms with Crippen LogP contribution in [0, 0.1) is 17.2 Å². The lowest BCUT2D eigenvalue weighted by Gasteiger charge is -2.43. The molecular formula is C27H37NO2. The highest BCUT2D eigenvalue weighted by Crippen LogP contribution is 2.52. The third-order valence-electron chi connectivity index (χ3n) is 7.55. The maximum atomic E-state index is 11.1. The van der Waals surface area contributed by atoms with Gasteiger partial charge in [-0.25, -0.2) is 0 Å². The fourth-order valence-corrected chi connectivity index (χ4v) is 5.51. The van der Waals surface area contributed by atoms with Crippen molar-refractivity contribution in [3.63, 3.8) is 0 Å². The Bertz CT molecular complexity index is 818. The zero-order chi connectivity index (χ0) is 21.7. The number of unbranched alkanes of at least 4 members (excludes halogenated alkanes) is 3.